The standard InChI is InChI=1S/C10H11FN2O4/c1-5-6(4-14)17-9(8(5)11)13-3-2-7(15)12-10(13)16/h2-3,6,8-9,14H,1,4H2,(H,12,15,16)/t6-,8+,9-/m0/s1. The van der Waals surface area contributed by atoms with E-state index in [1.807, 2.05) is 4.98 Å². The number of aromatic amines is 1. The fourth-order valence-electron chi connectivity index (χ4n) is 1.68. The van der Waals surface area contributed by atoms with Crippen LogP contribution < -0.4 is 11.2 Å². The monoisotopic (exact) mass is 242 g/mol. The van der Waals surface area contributed by atoms with Crippen molar-refractivity contribution in [3.05, 3.63) is 45.3 Å². The van der Waals surface area contributed by atoms with Crippen molar-refractivity contribution in [3.63, 3.8) is 0 Å². The van der Waals surface area contributed by atoms with E-state index in [1.165, 1.54) is 0 Å². The van der Waals surface area contributed by atoms with E-state index in [0.717, 1.165) is 16.8 Å². The lowest BCUT2D eigenvalue weighted by molar-refractivity contribution is -0.0375. The highest BCUT2D eigenvalue weighted by Gasteiger charge is 2.40. The van der Waals surface area contributed by atoms with Crippen LogP contribution in [0.1, 0.15) is 6.23 Å². The molecule has 0 bridgehead atoms. The maximum Gasteiger partial charge on any atom is 0.330 e. The fourth-order valence-corrected chi connectivity index (χ4v) is 1.68. The van der Waals surface area contributed by atoms with Crippen molar-refractivity contribution in [2.24, 2.45) is 0 Å². The molecule has 0 unspecified atom stereocenters. The van der Waals surface area contributed by atoms with E-state index >= 15 is 0 Å². The number of ether oxygens (including phenoxy) is 1. The van der Waals surface area contributed by atoms with Gasteiger partial charge >= 0.3 is 5.69 Å². The summed E-state index contributed by atoms with van der Waals surface area (Å²) >= 11 is 0. The number of alkyl halides is 1. The second-order valence-electron chi connectivity index (χ2n) is 3.69. The molecular weight excluding hydrogens is 231 g/mol. The molecule has 0 saturated carbocycles. The molecule has 7 heteroatoms. The van der Waals surface area contributed by atoms with Crippen molar-refractivity contribution in [2.45, 2.75) is 18.5 Å². The van der Waals surface area contributed by atoms with Crippen molar-refractivity contribution in [3.8, 4) is 0 Å². The minimum absolute atomic E-state index is 0.0793. The lowest BCUT2D eigenvalue weighted by atomic mass is 10.1. The van der Waals surface area contributed by atoms with Crippen molar-refractivity contribution >= 4 is 0 Å². The molecule has 92 valence electrons. The highest BCUT2D eigenvalue weighted by atomic mass is 19.1. The predicted octanol–water partition coefficient (Wildman–Crippen LogP) is -0.679. The molecule has 1 aliphatic heterocycles. The summed E-state index contributed by atoms with van der Waals surface area (Å²) in [6.07, 6.45) is -2.50. The van der Waals surface area contributed by atoms with Crippen LogP contribution in [0.15, 0.2) is 34.0 Å². The van der Waals surface area contributed by atoms with Crippen LogP contribution in [-0.2, 0) is 4.74 Å². The van der Waals surface area contributed by atoms with Crippen LogP contribution in [0.4, 0.5) is 4.39 Å². The lowest BCUT2D eigenvalue weighted by Crippen LogP contribution is -2.34. The second kappa shape index (κ2) is 4.27. The largest absolute Gasteiger partial charge is 0.393 e. The molecule has 0 radical (unpaired) electrons. The molecule has 0 amide bonds. The van der Waals surface area contributed by atoms with E-state index in [2.05, 4.69) is 6.58 Å². The summed E-state index contributed by atoms with van der Waals surface area (Å²) < 4.78 is 19.9. The maximum absolute atomic E-state index is 13.8. The number of aliphatic hydroxyl groups excluding tert-OH is 1. The Morgan fingerprint density at radius 3 is 2.82 bits per heavy atom. The maximum atomic E-state index is 13.8. The summed E-state index contributed by atoms with van der Waals surface area (Å²) in [4.78, 5) is 24.3. The zero-order valence-electron chi connectivity index (χ0n) is 8.80. The second-order valence-corrected chi connectivity index (χ2v) is 3.69. The van der Waals surface area contributed by atoms with Crippen LogP contribution in [0.25, 0.3) is 0 Å². The Morgan fingerprint density at radius 2 is 2.29 bits per heavy atom. The summed E-state index contributed by atoms with van der Waals surface area (Å²) in [6.45, 7) is 3.05. The molecule has 0 spiro atoms. The van der Waals surface area contributed by atoms with Gasteiger partial charge in [0.2, 0.25) is 0 Å². The van der Waals surface area contributed by atoms with Gasteiger partial charge in [-0.25, -0.2) is 9.18 Å². The molecule has 0 aliphatic carbocycles. The average Bonchev–Trinajstić information content (AvgIpc) is 2.57. The van der Waals surface area contributed by atoms with Crippen molar-refractivity contribution in [1.29, 1.82) is 0 Å². The first-order chi connectivity index (χ1) is 8.04. The Hall–Kier alpha value is -1.73. The minimum atomic E-state index is -1.60. The Bertz CT molecular complexity index is 550. The van der Waals surface area contributed by atoms with Crippen LogP contribution in [0.3, 0.4) is 0 Å². The van der Waals surface area contributed by atoms with E-state index in [4.69, 9.17) is 9.84 Å². The molecule has 17 heavy (non-hydrogen) atoms. The zero-order valence-corrected chi connectivity index (χ0v) is 8.80. The number of H-pyrrole nitrogens is 1. The average molecular weight is 242 g/mol. The number of rotatable bonds is 2. The Balaban J connectivity index is 2.39. The third-order valence-electron chi connectivity index (χ3n) is 2.61. The fraction of sp³-hybridized carbons (Fsp3) is 0.400. The van der Waals surface area contributed by atoms with E-state index in [9.17, 15) is 14.0 Å². The first-order valence-corrected chi connectivity index (χ1v) is 4.95. The first kappa shape index (κ1) is 11.7. The highest BCUT2D eigenvalue weighted by molar-refractivity contribution is 5.15. The quantitative estimate of drug-likeness (QED) is 0.673. The summed E-state index contributed by atoms with van der Waals surface area (Å²) in [5.41, 5.74) is -1.26. The van der Waals surface area contributed by atoms with E-state index in [0.29, 0.717) is 0 Å². The van der Waals surface area contributed by atoms with Crippen LogP contribution >= 0.6 is 0 Å². The van der Waals surface area contributed by atoms with Gasteiger partial charge < -0.3 is 9.84 Å². The molecule has 0 aromatic carbocycles. The van der Waals surface area contributed by atoms with Gasteiger partial charge in [-0.15, -0.1) is 0 Å². The zero-order chi connectivity index (χ0) is 12.6. The number of hydrogen-bond acceptors (Lipinski definition) is 4. The van der Waals surface area contributed by atoms with Gasteiger partial charge in [0.15, 0.2) is 12.4 Å². The molecule has 2 N–H and O–H groups in total. The molecular formula is C10H11FN2O4. The predicted molar refractivity (Wildman–Crippen MR) is 56.4 cm³/mol. The highest BCUT2D eigenvalue weighted by Crippen LogP contribution is 2.33. The molecule has 1 aromatic heterocycles. The number of aromatic nitrogens is 2. The Morgan fingerprint density at radius 1 is 1.59 bits per heavy atom. The summed E-state index contributed by atoms with van der Waals surface area (Å²) in [7, 11) is 0. The van der Waals surface area contributed by atoms with Gasteiger partial charge in [0.05, 0.1) is 6.61 Å². The van der Waals surface area contributed by atoms with Gasteiger partial charge in [-0.1, -0.05) is 6.58 Å². The van der Waals surface area contributed by atoms with Crippen LogP contribution in [0.5, 0.6) is 0 Å². The van der Waals surface area contributed by atoms with Gasteiger partial charge in [-0.3, -0.25) is 14.3 Å². The van der Waals surface area contributed by atoms with E-state index in [1.54, 1.807) is 0 Å². The van der Waals surface area contributed by atoms with Gasteiger partial charge in [-0.2, -0.15) is 0 Å². The van der Waals surface area contributed by atoms with Crippen LogP contribution in [-0.4, -0.2) is 33.5 Å². The lowest BCUT2D eigenvalue weighted by Gasteiger charge is -2.14. The molecule has 1 fully saturated rings. The smallest absolute Gasteiger partial charge is 0.330 e. The van der Waals surface area contributed by atoms with E-state index in [-0.39, 0.29) is 5.57 Å². The van der Waals surface area contributed by atoms with Crippen LogP contribution in [0, 0.1) is 0 Å². The number of aliphatic hydroxyl groups is 1. The molecule has 6 nitrogen and oxygen atoms in total. The molecule has 2 rings (SSSR count). The number of hydrogen-bond donors (Lipinski definition) is 2. The molecule has 1 aromatic rings. The molecule has 1 saturated heterocycles. The van der Waals surface area contributed by atoms with Crippen molar-refractivity contribution in [2.75, 3.05) is 6.61 Å². The summed E-state index contributed by atoms with van der Waals surface area (Å²) in [5, 5.41) is 8.93. The van der Waals surface area contributed by atoms with Crippen molar-refractivity contribution < 1.29 is 14.2 Å². The molecule has 3 atom stereocenters. The number of nitrogens with zero attached hydrogens (tertiary/aromatic N) is 1. The van der Waals surface area contributed by atoms with Gasteiger partial charge in [-0.05, 0) is 5.57 Å². The third-order valence-corrected chi connectivity index (χ3v) is 2.61. The Kier molecular flexibility index (Phi) is 2.95. The number of nitrogens with one attached hydrogen (secondary N) is 1. The van der Waals surface area contributed by atoms with Gasteiger partial charge in [0, 0.05) is 12.3 Å². The normalized spacial score (nSPS) is 28.6. The Labute approximate surface area is 95.0 Å². The van der Waals surface area contributed by atoms with Gasteiger partial charge in [0.1, 0.15) is 6.10 Å². The first-order valence-electron chi connectivity index (χ1n) is 4.95. The van der Waals surface area contributed by atoms with Crippen molar-refractivity contribution in [1.82, 2.24) is 9.55 Å². The van der Waals surface area contributed by atoms with Gasteiger partial charge in [0.25, 0.3) is 5.56 Å². The topological polar surface area (TPSA) is 84.3 Å². The van der Waals surface area contributed by atoms with E-state index < -0.39 is 36.4 Å². The molecule has 1 aliphatic rings. The molecule has 2 heterocycles. The summed E-state index contributed by atoms with van der Waals surface area (Å²) in [5.74, 6) is 0. The minimum Gasteiger partial charge on any atom is -0.393 e. The SMILES string of the molecule is C=C1[C@H](CO)O[C@H](n2ccc(=O)[nH]c2=O)[C@@H]1F. The van der Waals surface area contributed by atoms with Crippen LogP contribution in [0.2, 0.25) is 0 Å². The number of halogens is 1. The summed E-state index contributed by atoms with van der Waals surface area (Å²) in [6, 6.07) is 1.09. The third kappa shape index (κ3) is 1.94.